The van der Waals surface area contributed by atoms with E-state index < -0.39 is 0 Å². The second-order valence-corrected chi connectivity index (χ2v) is 5.42. The fraction of sp³-hybridized carbons (Fsp3) is 0.833. The molecule has 0 aliphatic heterocycles. The first-order valence-corrected chi connectivity index (χ1v) is 5.48. The summed E-state index contributed by atoms with van der Waals surface area (Å²) in [6.45, 7) is 9.23. The molecule has 0 aromatic rings. The summed E-state index contributed by atoms with van der Waals surface area (Å²) in [5.74, 6) is 0.361. The van der Waals surface area contributed by atoms with Gasteiger partial charge in [-0.2, -0.15) is 0 Å². The maximum Gasteiger partial charge on any atom is 0.0494 e. The standard InChI is InChI=1S/C12H23NO/c1-9(12(2,3)4)13-11-6-5-10(7-11)8-14/h5-6,9-11,13-14H,7-8H2,1-4H3/t9?,10-,11+/m0/s1. The van der Waals surface area contributed by atoms with E-state index >= 15 is 0 Å². The number of nitrogens with one attached hydrogen (secondary N) is 1. The van der Waals surface area contributed by atoms with E-state index in [2.05, 4.69) is 45.2 Å². The van der Waals surface area contributed by atoms with Crippen LogP contribution >= 0.6 is 0 Å². The van der Waals surface area contributed by atoms with E-state index in [1.807, 2.05) is 0 Å². The largest absolute Gasteiger partial charge is 0.396 e. The van der Waals surface area contributed by atoms with Crippen molar-refractivity contribution in [2.45, 2.75) is 46.2 Å². The SMILES string of the molecule is CC(N[C@@H]1C=C[C@H](CO)C1)C(C)(C)C. The monoisotopic (exact) mass is 197 g/mol. The van der Waals surface area contributed by atoms with Crippen LogP contribution in [0.2, 0.25) is 0 Å². The van der Waals surface area contributed by atoms with Gasteiger partial charge in [-0.15, -0.1) is 0 Å². The Hall–Kier alpha value is -0.340. The molecule has 1 aliphatic carbocycles. The molecular weight excluding hydrogens is 174 g/mol. The lowest BCUT2D eigenvalue weighted by atomic mass is 9.87. The third-order valence-electron chi connectivity index (χ3n) is 3.17. The highest BCUT2D eigenvalue weighted by Gasteiger charge is 2.25. The van der Waals surface area contributed by atoms with E-state index in [0.29, 0.717) is 23.4 Å². The Kier molecular flexibility index (Phi) is 3.73. The summed E-state index contributed by atoms with van der Waals surface area (Å²) in [6, 6.07) is 0.941. The Balaban J connectivity index is 2.37. The van der Waals surface area contributed by atoms with Gasteiger partial charge in [-0.1, -0.05) is 32.9 Å². The molecule has 3 atom stereocenters. The zero-order valence-electron chi connectivity index (χ0n) is 9.75. The minimum atomic E-state index is 0.276. The van der Waals surface area contributed by atoms with Crippen molar-refractivity contribution >= 4 is 0 Å². The molecule has 0 spiro atoms. The van der Waals surface area contributed by atoms with Crippen LogP contribution in [0.5, 0.6) is 0 Å². The minimum Gasteiger partial charge on any atom is -0.396 e. The predicted molar refractivity (Wildman–Crippen MR) is 60.2 cm³/mol. The Morgan fingerprint density at radius 1 is 1.43 bits per heavy atom. The van der Waals surface area contributed by atoms with Crippen LogP contribution in [0.4, 0.5) is 0 Å². The average Bonchev–Trinajstić information content (AvgIpc) is 2.50. The van der Waals surface area contributed by atoms with Gasteiger partial charge in [-0.25, -0.2) is 0 Å². The number of hydrogen-bond acceptors (Lipinski definition) is 2. The maximum absolute atomic E-state index is 9.00. The summed E-state index contributed by atoms with van der Waals surface area (Å²) < 4.78 is 0. The highest BCUT2D eigenvalue weighted by Crippen LogP contribution is 2.23. The summed E-state index contributed by atoms with van der Waals surface area (Å²) in [7, 11) is 0. The van der Waals surface area contributed by atoms with Gasteiger partial charge in [0.1, 0.15) is 0 Å². The number of aliphatic hydroxyl groups excluding tert-OH is 1. The lowest BCUT2D eigenvalue weighted by molar-refractivity contribution is 0.232. The van der Waals surface area contributed by atoms with Gasteiger partial charge in [0.25, 0.3) is 0 Å². The zero-order chi connectivity index (χ0) is 10.8. The van der Waals surface area contributed by atoms with Crippen molar-refractivity contribution in [1.29, 1.82) is 0 Å². The third-order valence-corrected chi connectivity index (χ3v) is 3.17. The van der Waals surface area contributed by atoms with Crippen LogP contribution in [0.3, 0.4) is 0 Å². The van der Waals surface area contributed by atoms with Gasteiger partial charge >= 0.3 is 0 Å². The lowest BCUT2D eigenvalue weighted by Crippen LogP contribution is -2.42. The van der Waals surface area contributed by atoms with Crippen LogP contribution in [-0.2, 0) is 0 Å². The van der Waals surface area contributed by atoms with Gasteiger partial charge in [0, 0.05) is 24.6 Å². The quantitative estimate of drug-likeness (QED) is 0.678. The van der Waals surface area contributed by atoms with E-state index in [0.717, 1.165) is 6.42 Å². The lowest BCUT2D eigenvalue weighted by Gasteiger charge is -2.30. The topological polar surface area (TPSA) is 32.3 Å². The Morgan fingerprint density at radius 3 is 2.50 bits per heavy atom. The first-order chi connectivity index (χ1) is 6.43. The molecule has 2 nitrogen and oxygen atoms in total. The van der Waals surface area contributed by atoms with Crippen molar-refractivity contribution in [1.82, 2.24) is 5.32 Å². The van der Waals surface area contributed by atoms with Gasteiger partial charge in [0.2, 0.25) is 0 Å². The second kappa shape index (κ2) is 4.45. The van der Waals surface area contributed by atoms with Crippen molar-refractivity contribution in [2.24, 2.45) is 11.3 Å². The fourth-order valence-corrected chi connectivity index (χ4v) is 1.60. The molecule has 0 fully saturated rings. The van der Waals surface area contributed by atoms with Crippen molar-refractivity contribution in [3.05, 3.63) is 12.2 Å². The molecule has 0 radical (unpaired) electrons. The molecule has 0 saturated carbocycles. The van der Waals surface area contributed by atoms with Crippen LogP contribution < -0.4 is 5.32 Å². The Morgan fingerprint density at radius 2 is 2.07 bits per heavy atom. The van der Waals surface area contributed by atoms with Crippen molar-refractivity contribution < 1.29 is 5.11 Å². The number of hydrogen-bond donors (Lipinski definition) is 2. The zero-order valence-corrected chi connectivity index (χ0v) is 9.75. The first kappa shape index (κ1) is 11.7. The van der Waals surface area contributed by atoms with E-state index in [-0.39, 0.29) is 6.61 Å². The molecule has 2 N–H and O–H groups in total. The summed E-state index contributed by atoms with van der Waals surface area (Å²) >= 11 is 0. The molecule has 82 valence electrons. The second-order valence-electron chi connectivity index (χ2n) is 5.42. The number of rotatable bonds is 3. The summed E-state index contributed by atoms with van der Waals surface area (Å²) in [4.78, 5) is 0. The molecule has 1 aliphatic rings. The van der Waals surface area contributed by atoms with Gasteiger partial charge in [0.15, 0.2) is 0 Å². The molecule has 14 heavy (non-hydrogen) atoms. The molecule has 2 heteroatoms. The molecule has 0 heterocycles. The van der Waals surface area contributed by atoms with Crippen molar-refractivity contribution in [2.75, 3.05) is 6.61 Å². The van der Waals surface area contributed by atoms with Gasteiger partial charge in [-0.05, 0) is 18.8 Å². The minimum absolute atomic E-state index is 0.276. The summed E-state index contributed by atoms with van der Waals surface area (Å²) in [5, 5.41) is 12.6. The predicted octanol–water partition coefficient (Wildman–Crippen LogP) is 1.95. The maximum atomic E-state index is 9.00. The molecule has 1 unspecified atom stereocenters. The normalized spacial score (nSPS) is 29.5. The smallest absolute Gasteiger partial charge is 0.0494 e. The van der Waals surface area contributed by atoms with E-state index in [1.54, 1.807) is 0 Å². The van der Waals surface area contributed by atoms with E-state index in [9.17, 15) is 0 Å². The fourth-order valence-electron chi connectivity index (χ4n) is 1.60. The van der Waals surface area contributed by atoms with Gasteiger partial charge < -0.3 is 10.4 Å². The molecule has 1 rings (SSSR count). The first-order valence-electron chi connectivity index (χ1n) is 5.48. The summed E-state index contributed by atoms with van der Waals surface area (Å²) in [5.41, 5.74) is 0.297. The highest BCUT2D eigenvalue weighted by atomic mass is 16.3. The van der Waals surface area contributed by atoms with Crippen LogP contribution in [-0.4, -0.2) is 23.8 Å². The Labute approximate surface area is 87.4 Å². The molecule has 0 aromatic heterocycles. The number of aliphatic hydroxyl groups is 1. The van der Waals surface area contributed by atoms with Crippen LogP contribution in [0, 0.1) is 11.3 Å². The van der Waals surface area contributed by atoms with Gasteiger partial charge in [0.05, 0.1) is 0 Å². The van der Waals surface area contributed by atoms with Crippen molar-refractivity contribution in [3.8, 4) is 0 Å². The molecule has 0 amide bonds. The third kappa shape index (κ3) is 3.10. The van der Waals surface area contributed by atoms with Crippen LogP contribution in [0.1, 0.15) is 34.1 Å². The van der Waals surface area contributed by atoms with Crippen LogP contribution in [0.15, 0.2) is 12.2 Å². The van der Waals surface area contributed by atoms with E-state index in [1.165, 1.54) is 0 Å². The Bertz CT molecular complexity index is 205. The molecule has 0 bridgehead atoms. The van der Waals surface area contributed by atoms with Gasteiger partial charge in [-0.3, -0.25) is 0 Å². The summed E-state index contributed by atoms with van der Waals surface area (Å²) in [6.07, 6.45) is 5.34. The molecule has 0 saturated heterocycles. The van der Waals surface area contributed by atoms with Crippen molar-refractivity contribution in [3.63, 3.8) is 0 Å². The molecular formula is C12H23NO. The molecule has 0 aromatic carbocycles. The van der Waals surface area contributed by atoms with Crippen LogP contribution in [0.25, 0.3) is 0 Å². The van der Waals surface area contributed by atoms with E-state index in [4.69, 9.17) is 5.11 Å². The highest BCUT2D eigenvalue weighted by molar-refractivity contribution is 5.06. The average molecular weight is 197 g/mol.